The minimum absolute atomic E-state index is 0.189. The third-order valence-corrected chi connectivity index (χ3v) is 5.13. The molecule has 0 amide bonds. The molecule has 0 aliphatic carbocycles. The highest BCUT2D eigenvalue weighted by atomic mass is 32.1. The summed E-state index contributed by atoms with van der Waals surface area (Å²) in [5, 5.41) is 4.34. The summed E-state index contributed by atoms with van der Waals surface area (Å²) < 4.78 is 5.26. The summed E-state index contributed by atoms with van der Waals surface area (Å²) in [6.45, 7) is 9.15. The first-order chi connectivity index (χ1) is 9.47. The number of thiazole rings is 1. The largest absolute Gasteiger partial charge is 0.378 e. The number of likely N-dealkylation sites (N-methyl/N-ethyl adjacent to an activating group) is 1. The van der Waals surface area contributed by atoms with Crippen LogP contribution in [0.1, 0.15) is 24.4 Å². The second-order valence-electron chi connectivity index (χ2n) is 5.99. The van der Waals surface area contributed by atoms with Crippen LogP contribution in [0.4, 0.5) is 5.13 Å². The van der Waals surface area contributed by atoms with Gasteiger partial charge in [-0.05, 0) is 27.9 Å². The SMILES string of the molecule is CNCc1sc(N2CCN(C)C(C)(C)C2)nc1COC. The quantitative estimate of drug-likeness (QED) is 0.893. The molecule has 0 spiro atoms. The van der Waals surface area contributed by atoms with Gasteiger partial charge in [0.25, 0.3) is 0 Å². The van der Waals surface area contributed by atoms with Crippen molar-refractivity contribution in [1.82, 2.24) is 15.2 Å². The third-order valence-electron chi connectivity index (χ3n) is 3.97. The molecule has 1 N–H and O–H groups in total. The van der Waals surface area contributed by atoms with Crippen molar-refractivity contribution in [2.75, 3.05) is 45.7 Å². The second-order valence-corrected chi connectivity index (χ2v) is 7.05. The summed E-state index contributed by atoms with van der Waals surface area (Å²) in [4.78, 5) is 10.9. The maximum atomic E-state index is 5.26. The molecule has 0 bridgehead atoms. The van der Waals surface area contributed by atoms with Crippen LogP contribution >= 0.6 is 11.3 Å². The number of aromatic nitrogens is 1. The van der Waals surface area contributed by atoms with Gasteiger partial charge in [-0.15, -0.1) is 11.3 Å². The van der Waals surface area contributed by atoms with Gasteiger partial charge in [0.2, 0.25) is 0 Å². The maximum Gasteiger partial charge on any atom is 0.186 e. The topological polar surface area (TPSA) is 40.6 Å². The van der Waals surface area contributed by atoms with Gasteiger partial charge in [-0.3, -0.25) is 4.90 Å². The molecule has 1 fully saturated rings. The molecule has 6 heteroatoms. The zero-order valence-electron chi connectivity index (χ0n) is 13.2. The van der Waals surface area contributed by atoms with Gasteiger partial charge in [-0.25, -0.2) is 4.98 Å². The van der Waals surface area contributed by atoms with E-state index >= 15 is 0 Å². The number of hydrogen-bond acceptors (Lipinski definition) is 6. The lowest BCUT2D eigenvalue weighted by Crippen LogP contribution is -2.57. The van der Waals surface area contributed by atoms with Gasteiger partial charge >= 0.3 is 0 Å². The van der Waals surface area contributed by atoms with E-state index in [0.717, 1.165) is 37.0 Å². The number of nitrogens with one attached hydrogen (secondary N) is 1. The number of hydrogen-bond donors (Lipinski definition) is 1. The lowest BCUT2D eigenvalue weighted by Gasteiger charge is -2.45. The van der Waals surface area contributed by atoms with Crippen LogP contribution in [0.3, 0.4) is 0 Å². The van der Waals surface area contributed by atoms with Crippen molar-refractivity contribution < 1.29 is 4.74 Å². The summed E-state index contributed by atoms with van der Waals surface area (Å²) >= 11 is 1.79. The van der Waals surface area contributed by atoms with Gasteiger partial charge < -0.3 is 15.0 Å². The Kier molecular flexibility index (Phi) is 5.01. The van der Waals surface area contributed by atoms with E-state index in [-0.39, 0.29) is 5.54 Å². The van der Waals surface area contributed by atoms with Gasteiger partial charge in [-0.2, -0.15) is 0 Å². The average Bonchev–Trinajstić information content (AvgIpc) is 2.77. The Bertz CT molecular complexity index is 423. The van der Waals surface area contributed by atoms with E-state index in [1.165, 1.54) is 4.88 Å². The van der Waals surface area contributed by atoms with Crippen LogP contribution in [0.5, 0.6) is 0 Å². The lowest BCUT2D eigenvalue weighted by atomic mass is 10.0. The lowest BCUT2D eigenvalue weighted by molar-refractivity contribution is 0.138. The van der Waals surface area contributed by atoms with Crippen molar-refractivity contribution in [2.24, 2.45) is 0 Å². The van der Waals surface area contributed by atoms with Gasteiger partial charge in [0, 0.05) is 43.7 Å². The number of piperazine rings is 1. The van der Waals surface area contributed by atoms with Crippen molar-refractivity contribution >= 4 is 16.5 Å². The van der Waals surface area contributed by atoms with Crippen LogP contribution in [0.2, 0.25) is 0 Å². The average molecular weight is 298 g/mol. The van der Waals surface area contributed by atoms with E-state index < -0.39 is 0 Å². The van der Waals surface area contributed by atoms with Crippen molar-refractivity contribution in [1.29, 1.82) is 0 Å². The molecule has 2 heterocycles. The molecule has 20 heavy (non-hydrogen) atoms. The zero-order chi connectivity index (χ0) is 14.8. The van der Waals surface area contributed by atoms with Gasteiger partial charge in [0.05, 0.1) is 12.3 Å². The molecule has 0 aromatic carbocycles. The Morgan fingerprint density at radius 1 is 1.40 bits per heavy atom. The number of methoxy groups -OCH3 is 1. The molecular weight excluding hydrogens is 272 g/mol. The van der Waals surface area contributed by atoms with E-state index in [0.29, 0.717) is 6.61 Å². The fraction of sp³-hybridized carbons (Fsp3) is 0.786. The highest BCUT2D eigenvalue weighted by molar-refractivity contribution is 7.15. The van der Waals surface area contributed by atoms with Gasteiger partial charge in [0.15, 0.2) is 5.13 Å². The minimum atomic E-state index is 0.189. The molecule has 0 saturated carbocycles. The molecule has 2 rings (SSSR count). The summed E-state index contributed by atoms with van der Waals surface area (Å²) in [5.74, 6) is 0. The van der Waals surface area contributed by atoms with Crippen LogP contribution < -0.4 is 10.2 Å². The number of ether oxygens (including phenoxy) is 1. The molecule has 0 atom stereocenters. The molecule has 0 radical (unpaired) electrons. The maximum absolute atomic E-state index is 5.26. The monoisotopic (exact) mass is 298 g/mol. The van der Waals surface area contributed by atoms with Crippen molar-refractivity contribution in [3.05, 3.63) is 10.6 Å². The van der Waals surface area contributed by atoms with Crippen LogP contribution in [0, 0.1) is 0 Å². The zero-order valence-corrected chi connectivity index (χ0v) is 14.0. The Balaban J connectivity index is 2.18. The normalized spacial score (nSPS) is 19.6. The first-order valence-electron chi connectivity index (χ1n) is 7.06. The molecule has 1 aromatic rings. The van der Waals surface area contributed by atoms with Gasteiger partial charge in [-0.1, -0.05) is 0 Å². The summed E-state index contributed by atoms with van der Waals surface area (Å²) in [6, 6.07) is 0. The predicted octanol–water partition coefficient (Wildman–Crippen LogP) is 1.54. The van der Waals surface area contributed by atoms with E-state index in [4.69, 9.17) is 9.72 Å². The Labute approximate surface area is 125 Å². The Morgan fingerprint density at radius 2 is 2.15 bits per heavy atom. The molecule has 1 saturated heterocycles. The van der Waals surface area contributed by atoms with Crippen LogP contribution in [0.15, 0.2) is 0 Å². The molecule has 114 valence electrons. The number of rotatable bonds is 5. The second kappa shape index (κ2) is 6.39. The highest BCUT2D eigenvalue weighted by Gasteiger charge is 2.32. The van der Waals surface area contributed by atoms with Gasteiger partial charge in [0.1, 0.15) is 0 Å². The summed E-state index contributed by atoms with van der Waals surface area (Å²) in [6.07, 6.45) is 0. The fourth-order valence-electron chi connectivity index (χ4n) is 2.46. The van der Waals surface area contributed by atoms with E-state index in [9.17, 15) is 0 Å². The number of anilines is 1. The Hall–Kier alpha value is -0.690. The molecular formula is C14H26N4OS. The van der Waals surface area contributed by atoms with Crippen LogP contribution in [-0.2, 0) is 17.9 Å². The summed E-state index contributed by atoms with van der Waals surface area (Å²) in [7, 11) is 5.89. The van der Waals surface area contributed by atoms with Crippen molar-refractivity contribution in [2.45, 2.75) is 32.5 Å². The van der Waals surface area contributed by atoms with E-state index in [1.807, 2.05) is 7.05 Å². The van der Waals surface area contributed by atoms with Crippen molar-refractivity contribution in [3.8, 4) is 0 Å². The fourth-order valence-corrected chi connectivity index (χ4v) is 3.56. The van der Waals surface area contributed by atoms with E-state index in [1.54, 1.807) is 18.4 Å². The highest BCUT2D eigenvalue weighted by Crippen LogP contribution is 2.30. The van der Waals surface area contributed by atoms with Crippen LogP contribution in [-0.4, -0.2) is 56.3 Å². The van der Waals surface area contributed by atoms with Crippen LogP contribution in [0.25, 0.3) is 0 Å². The third kappa shape index (κ3) is 3.31. The molecule has 5 nitrogen and oxygen atoms in total. The predicted molar refractivity (Wildman–Crippen MR) is 84.5 cm³/mol. The molecule has 1 aliphatic heterocycles. The first kappa shape index (κ1) is 15.7. The minimum Gasteiger partial charge on any atom is -0.378 e. The van der Waals surface area contributed by atoms with Crippen molar-refractivity contribution in [3.63, 3.8) is 0 Å². The first-order valence-corrected chi connectivity index (χ1v) is 7.88. The smallest absolute Gasteiger partial charge is 0.186 e. The Morgan fingerprint density at radius 3 is 2.75 bits per heavy atom. The molecule has 0 unspecified atom stereocenters. The number of nitrogens with zero attached hydrogens (tertiary/aromatic N) is 3. The van der Waals surface area contributed by atoms with E-state index in [2.05, 4.69) is 36.0 Å². The molecule has 1 aromatic heterocycles. The summed E-state index contributed by atoms with van der Waals surface area (Å²) in [5.41, 5.74) is 1.26. The molecule has 1 aliphatic rings. The standard InChI is InChI=1S/C14H26N4OS/c1-14(2)10-18(7-6-17(14)4)13-16-11(9-19-5)12(20-13)8-15-3/h15H,6-10H2,1-5H3.